The Morgan fingerprint density at radius 3 is 0.800 bits per heavy atom. The maximum absolute atomic E-state index is 12.8. The number of esters is 3. The van der Waals surface area contributed by atoms with Gasteiger partial charge in [0.25, 0.3) is 0 Å². The molecule has 1 unspecified atom stereocenters. The van der Waals surface area contributed by atoms with Crippen LogP contribution >= 0.6 is 0 Å². The average molecular weight is 1050 g/mol. The molecule has 6 nitrogen and oxygen atoms in total. The van der Waals surface area contributed by atoms with Crippen LogP contribution in [0.1, 0.15) is 342 Å². The molecular formula is C69H124O6. The van der Waals surface area contributed by atoms with E-state index in [0.29, 0.717) is 19.3 Å². The number of carbonyl (C=O) groups is 3. The summed E-state index contributed by atoms with van der Waals surface area (Å²) in [4.78, 5) is 38.2. The van der Waals surface area contributed by atoms with Crippen molar-refractivity contribution in [1.82, 2.24) is 0 Å². The number of allylic oxidation sites excluding steroid dienone is 10. The van der Waals surface area contributed by atoms with Crippen LogP contribution in [0.5, 0.6) is 0 Å². The van der Waals surface area contributed by atoms with E-state index in [2.05, 4.69) is 81.5 Å². The Morgan fingerprint density at radius 1 is 0.280 bits per heavy atom. The number of ether oxygens (including phenoxy) is 3. The molecule has 0 N–H and O–H groups in total. The van der Waals surface area contributed by atoms with Crippen molar-refractivity contribution >= 4 is 17.9 Å². The minimum Gasteiger partial charge on any atom is -0.462 e. The average Bonchev–Trinajstić information content (AvgIpc) is 3.41. The van der Waals surface area contributed by atoms with Gasteiger partial charge in [-0.2, -0.15) is 0 Å². The molecule has 0 amide bonds. The van der Waals surface area contributed by atoms with Gasteiger partial charge in [-0.3, -0.25) is 14.4 Å². The molecule has 0 aromatic carbocycles. The fraction of sp³-hybridized carbons (Fsp3) is 0.812. The number of rotatable bonds is 60. The van der Waals surface area contributed by atoms with E-state index in [9.17, 15) is 14.4 Å². The fourth-order valence-corrected chi connectivity index (χ4v) is 9.66. The summed E-state index contributed by atoms with van der Waals surface area (Å²) in [7, 11) is 0. The molecule has 6 heteroatoms. The lowest BCUT2D eigenvalue weighted by Gasteiger charge is -2.18. The van der Waals surface area contributed by atoms with Crippen molar-refractivity contribution in [2.24, 2.45) is 0 Å². The van der Waals surface area contributed by atoms with Crippen molar-refractivity contribution in [1.29, 1.82) is 0 Å². The minimum absolute atomic E-state index is 0.0926. The largest absolute Gasteiger partial charge is 0.462 e. The van der Waals surface area contributed by atoms with E-state index in [-0.39, 0.29) is 37.5 Å². The lowest BCUT2D eigenvalue weighted by Crippen LogP contribution is -2.30. The summed E-state index contributed by atoms with van der Waals surface area (Å²) in [6.07, 6.45) is 81.2. The first-order valence-electron chi connectivity index (χ1n) is 32.8. The highest BCUT2D eigenvalue weighted by Crippen LogP contribution is 2.18. The highest BCUT2D eigenvalue weighted by Gasteiger charge is 2.19. The van der Waals surface area contributed by atoms with E-state index in [4.69, 9.17) is 14.2 Å². The highest BCUT2D eigenvalue weighted by molar-refractivity contribution is 5.71. The van der Waals surface area contributed by atoms with Crippen LogP contribution in [0.2, 0.25) is 0 Å². The van der Waals surface area contributed by atoms with Gasteiger partial charge in [0.15, 0.2) is 6.10 Å². The van der Waals surface area contributed by atoms with Crippen molar-refractivity contribution in [3.8, 4) is 0 Å². The van der Waals surface area contributed by atoms with E-state index in [1.807, 2.05) is 0 Å². The summed E-state index contributed by atoms with van der Waals surface area (Å²) in [5, 5.41) is 0. The van der Waals surface area contributed by atoms with Crippen LogP contribution in [-0.4, -0.2) is 37.2 Å². The first-order valence-corrected chi connectivity index (χ1v) is 32.8. The normalized spacial score (nSPS) is 12.4. The van der Waals surface area contributed by atoms with Gasteiger partial charge in [-0.1, -0.05) is 326 Å². The molecule has 75 heavy (non-hydrogen) atoms. The molecule has 0 saturated heterocycles. The molecular weight excluding hydrogens is 925 g/mol. The van der Waals surface area contributed by atoms with Crippen LogP contribution in [0.4, 0.5) is 0 Å². The molecule has 0 heterocycles. The van der Waals surface area contributed by atoms with Crippen LogP contribution in [0, 0.1) is 0 Å². The standard InChI is InChI=1S/C69H124O6/c1-4-7-10-13-16-19-22-24-26-28-29-30-31-32-33-34-35-36-37-38-39-41-42-44-47-50-53-56-59-62-68(71)74-65-66(64-73-67(70)61-58-55-52-49-46-21-18-15-12-9-6-3)75-69(72)63-60-57-54-51-48-45-43-40-27-25-23-20-17-14-11-8-5-2/h8,11,17,20,25,27,43,45,51,54,66H,4-7,9-10,12-16,18-19,21-24,26,28-42,44,46-50,52-53,55-65H2,1-3H3/b11-8-,20-17-,27-25-,45-43-,54-51-. The van der Waals surface area contributed by atoms with Gasteiger partial charge in [-0.25, -0.2) is 0 Å². The lowest BCUT2D eigenvalue weighted by atomic mass is 10.0. The number of unbranched alkanes of at least 4 members (excludes halogenated alkanes) is 39. The third kappa shape index (κ3) is 61.8. The van der Waals surface area contributed by atoms with Crippen molar-refractivity contribution in [3.05, 3.63) is 60.8 Å². The highest BCUT2D eigenvalue weighted by atomic mass is 16.6. The Labute approximate surface area is 466 Å². The smallest absolute Gasteiger partial charge is 0.306 e. The molecule has 0 radical (unpaired) electrons. The minimum atomic E-state index is -0.801. The molecule has 0 aromatic heterocycles. The predicted molar refractivity (Wildman–Crippen MR) is 325 cm³/mol. The van der Waals surface area contributed by atoms with Crippen molar-refractivity contribution in [2.45, 2.75) is 348 Å². The Bertz CT molecular complexity index is 1340. The van der Waals surface area contributed by atoms with Gasteiger partial charge in [-0.05, 0) is 57.8 Å². The van der Waals surface area contributed by atoms with Gasteiger partial charge in [0.2, 0.25) is 0 Å². The van der Waals surface area contributed by atoms with Crippen LogP contribution < -0.4 is 0 Å². The van der Waals surface area contributed by atoms with Crippen LogP contribution in [0.3, 0.4) is 0 Å². The zero-order chi connectivity index (χ0) is 54.3. The molecule has 0 spiro atoms. The molecule has 0 saturated carbocycles. The quantitative estimate of drug-likeness (QED) is 0.0261. The zero-order valence-electron chi connectivity index (χ0n) is 50.1. The molecule has 436 valence electrons. The van der Waals surface area contributed by atoms with Crippen molar-refractivity contribution < 1.29 is 28.6 Å². The summed E-state index contributed by atoms with van der Waals surface area (Å²) >= 11 is 0. The third-order valence-electron chi connectivity index (χ3n) is 14.5. The molecule has 0 aliphatic carbocycles. The summed E-state index contributed by atoms with van der Waals surface area (Å²) < 4.78 is 16.8. The van der Waals surface area contributed by atoms with Crippen molar-refractivity contribution in [3.63, 3.8) is 0 Å². The summed E-state index contributed by atoms with van der Waals surface area (Å²) in [5.74, 6) is -0.935. The monoisotopic (exact) mass is 1050 g/mol. The Hall–Kier alpha value is -2.89. The first-order chi connectivity index (χ1) is 37.0. The van der Waals surface area contributed by atoms with Gasteiger partial charge < -0.3 is 14.2 Å². The first kappa shape index (κ1) is 72.1. The third-order valence-corrected chi connectivity index (χ3v) is 14.5. The van der Waals surface area contributed by atoms with E-state index in [1.54, 1.807) is 0 Å². The van der Waals surface area contributed by atoms with Crippen LogP contribution in [-0.2, 0) is 28.6 Å². The van der Waals surface area contributed by atoms with Gasteiger partial charge >= 0.3 is 17.9 Å². The topological polar surface area (TPSA) is 78.9 Å². The van der Waals surface area contributed by atoms with Crippen molar-refractivity contribution in [2.75, 3.05) is 13.2 Å². The van der Waals surface area contributed by atoms with E-state index < -0.39 is 6.10 Å². The summed E-state index contributed by atoms with van der Waals surface area (Å²) in [5.41, 5.74) is 0. The van der Waals surface area contributed by atoms with Gasteiger partial charge in [0.05, 0.1) is 0 Å². The summed E-state index contributed by atoms with van der Waals surface area (Å²) in [6.45, 7) is 6.52. The Kier molecular flexibility index (Phi) is 61.2. The lowest BCUT2D eigenvalue weighted by molar-refractivity contribution is -0.167. The second-order valence-electron chi connectivity index (χ2n) is 22.0. The molecule has 0 rings (SSSR count). The van der Waals surface area contributed by atoms with Gasteiger partial charge in [-0.15, -0.1) is 0 Å². The van der Waals surface area contributed by atoms with E-state index >= 15 is 0 Å². The van der Waals surface area contributed by atoms with Crippen LogP contribution in [0.15, 0.2) is 60.8 Å². The molecule has 0 aromatic rings. The Morgan fingerprint density at radius 2 is 0.520 bits per heavy atom. The fourth-order valence-electron chi connectivity index (χ4n) is 9.66. The number of hydrogen-bond donors (Lipinski definition) is 0. The van der Waals surface area contributed by atoms with Crippen LogP contribution in [0.25, 0.3) is 0 Å². The predicted octanol–water partition coefficient (Wildman–Crippen LogP) is 22.3. The second kappa shape index (κ2) is 63.6. The molecule has 1 atom stereocenters. The van der Waals surface area contributed by atoms with Gasteiger partial charge in [0, 0.05) is 19.3 Å². The van der Waals surface area contributed by atoms with Gasteiger partial charge in [0.1, 0.15) is 13.2 Å². The maximum atomic E-state index is 12.8. The molecule has 0 aliphatic heterocycles. The SMILES string of the molecule is CC/C=C\C/C=C\C/C=C\C/C=C\C/C=C\CCCC(=O)OC(COC(=O)CCCCCCCCCCCCC)COC(=O)CCCCCCCCCCCCCCCCCCCCCCCCCCCCCCC. The zero-order valence-corrected chi connectivity index (χ0v) is 50.1. The number of hydrogen-bond acceptors (Lipinski definition) is 6. The second-order valence-corrected chi connectivity index (χ2v) is 22.0. The molecule has 0 bridgehead atoms. The number of carbonyl (C=O) groups excluding carboxylic acids is 3. The molecule has 0 aliphatic rings. The van der Waals surface area contributed by atoms with E-state index in [1.165, 1.54) is 218 Å². The summed E-state index contributed by atoms with van der Waals surface area (Å²) in [6, 6.07) is 0. The van der Waals surface area contributed by atoms with E-state index in [0.717, 1.165) is 77.0 Å². The Balaban J connectivity index is 4.19. The molecule has 0 fully saturated rings. The maximum Gasteiger partial charge on any atom is 0.306 e.